The predicted octanol–water partition coefficient (Wildman–Crippen LogP) is 4.63. The third-order valence-corrected chi connectivity index (χ3v) is 4.42. The van der Waals surface area contributed by atoms with E-state index in [0.717, 1.165) is 0 Å². The number of benzene rings is 1. The van der Waals surface area contributed by atoms with Crippen LogP contribution in [0.5, 0.6) is 0 Å². The number of unbranched alkanes of at least 4 members (excludes halogenated alkanes) is 1. The summed E-state index contributed by atoms with van der Waals surface area (Å²) in [6, 6.07) is 10.6. The molecule has 1 fully saturated rings. The van der Waals surface area contributed by atoms with E-state index in [1.54, 1.807) is 0 Å². The van der Waals surface area contributed by atoms with Crippen LogP contribution in [0.4, 0.5) is 0 Å². The summed E-state index contributed by atoms with van der Waals surface area (Å²) in [6.45, 7) is 2.72. The molecule has 0 radical (unpaired) electrons. The topological polar surface area (TPSA) is 9.23 Å². The lowest BCUT2D eigenvalue weighted by Crippen LogP contribution is -2.17. The standard InChI is InChI=1S/C14H21BOS/c1-2-3-10-15-11-7-12-17-14(16-15)13-8-5-4-6-9-13/h4-6,8-9,14H,2-3,7,10-12H2,1H3. The highest BCUT2D eigenvalue weighted by Gasteiger charge is 2.24. The Hall–Kier alpha value is -0.405. The van der Waals surface area contributed by atoms with E-state index in [4.69, 9.17) is 4.65 Å². The van der Waals surface area contributed by atoms with Gasteiger partial charge in [-0.05, 0) is 30.4 Å². The first-order chi connectivity index (χ1) is 8.40. The number of hydrogen-bond acceptors (Lipinski definition) is 2. The van der Waals surface area contributed by atoms with Crippen LogP contribution in [-0.2, 0) is 4.65 Å². The van der Waals surface area contributed by atoms with Gasteiger partial charge < -0.3 is 4.65 Å². The zero-order valence-corrected chi connectivity index (χ0v) is 11.4. The molecule has 1 heterocycles. The fourth-order valence-corrected chi connectivity index (χ4v) is 3.35. The van der Waals surface area contributed by atoms with Crippen LogP contribution >= 0.6 is 11.8 Å². The molecule has 0 bridgehead atoms. The van der Waals surface area contributed by atoms with Crippen molar-refractivity contribution in [2.75, 3.05) is 5.75 Å². The number of rotatable bonds is 4. The van der Waals surface area contributed by atoms with Crippen LogP contribution < -0.4 is 0 Å². The molecule has 0 aliphatic carbocycles. The van der Waals surface area contributed by atoms with Crippen molar-refractivity contribution in [2.45, 2.75) is 44.3 Å². The smallest absolute Gasteiger partial charge is 0.295 e. The second kappa shape index (κ2) is 7.12. The molecule has 1 unspecified atom stereocenters. The lowest BCUT2D eigenvalue weighted by Gasteiger charge is -2.19. The molecule has 1 atom stereocenters. The second-order valence-corrected chi connectivity index (χ2v) is 5.83. The van der Waals surface area contributed by atoms with Crippen LogP contribution in [0.1, 0.15) is 37.2 Å². The van der Waals surface area contributed by atoms with Gasteiger partial charge in [-0.1, -0.05) is 50.1 Å². The monoisotopic (exact) mass is 248 g/mol. The van der Waals surface area contributed by atoms with E-state index in [1.807, 2.05) is 11.8 Å². The fourth-order valence-electron chi connectivity index (χ4n) is 2.21. The minimum Gasteiger partial charge on any atom is -0.421 e. The lowest BCUT2D eigenvalue weighted by molar-refractivity contribution is 0.297. The van der Waals surface area contributed by atoms with Gasteiger partial charge in [0.1, 0.15) is 5.44 Å². The first-order valence-electron chi connectivity index (χ1n) is 6.72. The van der Waals surface area contributed by atoms with Crippen molar-refractivity contribution < 1.29 is 4.65 Å². The van der Waals surface area contributed by atoms with E-state index in [0.29, 0.717) is 6.92 Å². The zero-order valence-electron chi connectivity index (χ0n) is 10.6. The minimum atomic E-state index is 0.251. The van der Waals surface area contributed by atoms with Gasteiger partial charge >= 0.3 is 0 Å². The van der Waals surface area contributed by atoms with E-state index >= 15 is 0 Å². The van der Waals surface area contributed by atoms with Crippen molar-refractivity contribution in [3.8, 4) is 0 Å². The predicted molar refractivity (Wildman–Crippen MR) is 77.6 cm³/mol. The van der Waals surface area contributed by atoms with Gasteiger partial charge in [-0.25, -0.2) is 0 Å². The molecule has 1 aliphatic rings. The maximum atomic E-state index is 6.26. The largest absolute Gasteiger partial charge is 0.421 e. The number of thioether (sulfide) groups is 1. The molecule has 0 amide bonds. The van der Waals surface area contributed by atoms with Gasteiger partial charge in [0.15, 0.2) is 0 Å². The van der Waals surface area contributed by atoms with Gasteiger partial charge in [0.2, 0.25) is 0 Å². The van der Waals surface area contributed by atoms with E-state index in [2.05, 4.69) is 37.3 Å². The molecule has 0 saturated carbocycles. The Morgan fingerprint density at radius 3 is 2.94 bits per heavy atom. The SMILES string of the molecule is CCCCB1CCCSC(c2ccccc2)O1. The highest BCUT2D eigenvalue weighted by Crippen LogP contribution is 2.35. The Morgan fingerprint density at radius 2 is 2.18 bits per heavy atom. The molecular weight excluding hydrogens is 227 g/mol. The lowest BCUT2D eigenvalue weighted by atomic mass is 9.59. The summed E-state index contributed by atoms with van der Waals surface area (Å²) >= 11 is 1.95. The highest BCUT2D eigenvalue weighted by atomic mass is 32.2. The van der Waals surface area contributed by atoms with Crippen LogP contribution in [-0.4, -0.2) is 12.7 Å². The Balaban J connectivity index is 1.97. The molecule has 0 spiro atoms. The molecular formula is C14H21BOS. The zero-order chi connectivity index (χ0) is 11.9. The van der Waals surface area contributed by atoms with Crippen molar-refractivity contribution in [3.05, 3.63) is 35.9 Å². The maximum Gasteiger partial charge on any atom is 0.295 e. The summed E-state index contributed by atoms with van der Waals surface area (Å²) < 4.78 is 6.26. The molecule has 2 rings (SSSR count). The van der Waals surface area contributed by atoms with Gasteiger partial charge in [0, 0.05) is 0 Å². The molecule has 1 aromatic carbocycles. The Morgan fingerprint density at radius 1 is 1.35 bits per heavy atom. The van der Waals surface area contributed by atoms with Crippen molar-refractivity contribution >= 4 is 18.7 Å². The quantitative estimate of drug-likeness (QED) is 0.718. The Bertz CT molecular complexity index is 317. The van der Waals surface area contributed by atoms with Gasteiger partial charge in [0.25, 0.3) is 6.92 Å². The molecule has 1 aromatic rings. The third-order valence-electron chi connectivity index (χ3n) is 3.21. The molecule has 92 valence electrons. The van der Waals surface area contributed by atoms with Gasteiger partial charge in [-0.3, -0.25) is 0 Å². The van der Waals surface area contributed by atoms with Crippen molar-refractivity contribution in [1.29, 1.82) is 0 Å². The van der Waals surface area contributed by atoms with Crippen LogP contribution in [0.25, 0.3) is 0 Å². The second-order valence-electron chi connectivity index (χ2n) is 4.66. The fraction of sp³-hybridized carbons (Fsp3) is 0.571. The van der Waals surface area contributed by atoms with E-state index in [9.17, 15) is 0 Å². The first-order valence-corrected chi connectivity index (χ1v) is 7.77. The molecule has 1 nitrogen and oxygen atoms in total. The summed E-state index contributed by atoms with van der Waals surface area (Å²) in [5, 5.41) is 0. The normalized spacial score (nSPS) is 21.2. The average molecular weight is 248 g/mol. The van der Waals surface area contributed by atoms with E-state index in [1.165, 1.54) is 43.2 Å². The molecule has 3 heteroatoms. The Kier molecular flexibility index (Phi) is 5.46. The van der Waals surface area contributed by atoms with Crippen LogP contribution in [0.2, 0.25) is 12.6 Å². The third kappa shape index (κ3) is 4.08. The highest BCUT2D eigenvalue weighted by molar-refractivity contribution is 7.99. The molecule has 17 heavy (non-hydrogen) atoms. The van der Waals surface area contributed by atoms with Crippen LogP contribution in [0, 0.1) is 0 Å². The van der Waals surface area contributed by atoms with Crippen molar-refractivity contribution in [2.24, 2.45) is 0 Å². The first kappa shape index (κ1) is 13.0. The summed E-state index contributed by atoms with van der Waals surface area (Å²) in [7, 11) is 0. The summed E-state index contributed by atoms with van der Waals surface area (Å²) in [5.74, 6) is 1.22. The number of hydrogen-bond donors (Lipinski definition) is 0. The van der Waals surface area contributed by atoms with Gasteiger partial charge in [-0.15, -0.1) is 11.8 Å². The average Bonchev–Trinajstić information content (AvgIpc) is 2.63. The summed E-state index contributed by atoms with van der Waals surface area (Å²) in [6.07, 6.45) is 6.30. The van der Waals surface area contributed by atoms with E-state index in [-0.39, 0.29) is 5.44 Å². The van der Waals surface area contributed by atoms with E-state index < -0.39 is 0 Å². The van der Waals surface area contributed by atoms with Crippen molar-refractivity contribution in [1.82, 2.24) is 0 Å². The minimum absolute atomic E-state index is 0.251. The maximum absolute atomic E-state index is 6.26. The summed E-state index contributed by atoms with van der Waals surface area (Å²) in [4.78, 5) is 0. The summed E-state index contributed by atoms with van der Waals surface area (Å²) in [5.41, 5.74) is 1.57. The molecule has 0 N–H and O–H groups in total. The van der Waals surface area contributed by atoms with Crippen LogP contribution in [0.3, 0.4) is 0 Å². The molecule has 0 aromatic heterocycles. The molecule has 1 aliphatic heterocycles. The van der Waals surface area contributed by atoms with Crippen LogP contribution in [0.15, 0.2) is 30.3 Å². The van der Waals surface area contributed by atoms with Gasteiger partial charge in [-0.2, -0.15) is 0 Å². The van der Waals surface area contributed by atoms with Gasteiger partial charge in [0.05, 0.1) is 0 Å². The Labute approximate surface area is 109 Å². The molecule has 1 saturated heterocycles. The van der Waals surface area contributed by atoms with Crippen molar-refractivity contribution in [3.63, 3.8) is 0 Å².